The fourth-order valence-corrected chi connectivity index (χ4v) is 3.73. The standard InChI is InChI=1S/C20H30FN3O2/c1-2-22-10-12-23(13-11-22)15-20(25)24-9-3-4-17(14-24)16-26-19-7-5-18(21)6-8-19/h5-8,17H,2-4,9-16H2,1H3/t17-/m0/s1. The molecule has 0 bridgehead atoms. The number of piperazine rings is 1. The molecule has 2 saturated heterocycles. The van der Waals surface area contributed by atoms with Crippen molar-refractivity contribution in [2.45, 2.75) is 19.8 Å². The van der Waals surface area contributed by atoms with E-state index < -0.39 is 0 Å². The lowest BCUT2D eigenvalue weighted by Gasteiger charge is -2.37. The Balaban J connectivity index is 1.42. The highest BCUT2D eigenvalue weighted by molar-refractivity contribution is 5.78. The smallest absolute Gasteiger partial charge is 0.236 e. The van der Waals surface area contributed by atoms with Crippen molar-refractivity contribution in [3.8, 4) is 5.75 Å². The summed E-state index contributed by atoms with van der Waals surface area (Å²) in [5, 5.41) is 0. The fraction of sp³-hybridized carbons (Fsp3) is 0.650. The maximum absolute atomic E-state index is 12.9. The van der Waals surface area contributed by atoms with Gasteiger partial charge in [-0.05, 0) is 43.7 Å². The number of carbonyl (C=O) groups is 1. The molecular weight excluding hydrogens is 333 g/mol. The average Bonchev–Trinajstić information content (AvgIpc) is 2.68. The SMILES string of the molecule is CCN1CCN(CC(=O)N2CCC[C@H](COc3ccc(F)cc3)C2)CC1. The number of hydrogen-bond acceptors (Lipinski definition) is 4. The summed E-state index contributed by atoms with van der Waals surface area (Å²) in [5.41, 5.74) is 0. The number of hydrogen-bond donors (Lipinski definition) is 0. The van der Waals surface area contributed by atoms with Crippen molar-refractivity contribution < 1.29 is 13.9 Å². The van der Waals surface area contributed by atoms with Gasteiger partial charge in [0.15, 0.2) is 0 Å². The van der Waals surface area contributed by atoms with E-state index in [1.165, 1.54) is 12.1 Å². The van der Waals surface area contributed by atoms with Gasteiger partial charge in [0, 0.05) is 45.2 Å². The molecule has 1 amide bonds. The van der Waals surface area contributed by atoms with Gasteiger partial charge in [0.05, 0.1) is 13.2 Å². The summed E-state index contributed by atoms with van der Waals surface area (Å²) in [6.07, 6.45) is 2.09. The van der Waals surface area contributed by atoms with Crippen LogP contribution in [0, 0.1) is 11.7 Å². The quantitative estimate of drug-likeness (QED) is 0.775. The third-order valence-corrected chi connectivity index (χ3v) is 5.44. The van der Waals surface area contributed by atoms with Crippen LogP contribution in [0.15, 0.2) is 24.3 Å². The molecule has 3 rings (SSSR count). The van der Waals surface area contributed by atoms with Gasteiger partial charge in [0.2, 0.25) is 5.91 Å². The molecule has 2 aliphatic rings. The molecule has 1 aromatic rings. The number of rotatable bonds is 6. The van der Waals surface area contributed by atoms with Crippen molar-refractivity contribution in [2.24, 2.45) is 5.92 Å². The first-order valence-electron chi connectivity index (χ1n) is 9.75. The summed E-state index contributed by atoms with van der Waals surface area (Å²) < 4.78 is 18.7. The van der Waals surface area contributed by atoms with Crippen LogP contribution in [0.25, 0.3) is 0 Å². The van der Waals surface area contributed by atoms with Gasteiger partial charge in [-0.3, -0.25) is 9.69 Å². The second-order valence-corrected chi connectivity index (χ2v) is 7.32. The van der Waals surface area contributed by atoms with Crippen LogP contribution in [-0.4, -0.2) is 79.6 Å². The van der Waals surface area contributed by atoms with Gasteiger partial charge in [-0.15, -0.1) is 0 Å². The predicted molar refractivity (Wildman–Crippen MR) is 99.8 cm³/mol. The van der Waals surface area contributed by atoms with E-state index in [1.807, 2.05) is 4.90 Å². The van der Waals surface area contributed by atoms with Crippen LogP contribution in [0.4, 0.5) is 4.39 Å². The van der Waals surface area contributed by atoms with Crippen LogP contribution < -0.4 is 4.74 Å². The highest BCUT2D eigenvalue weighted by Crippen LogP contribution is 2.19. The van der Waals surface area contributed by atoms with Crippen LogP contribution in [0.1, 0.15) is 19.8 Å². The van der Waals surface area contributed by atoms with E-state index in [4.69, 9.17) is 4.74 Å². The zero-order valence-electron chi connectivity index (χ0n) is 15.7. The molecule has 0 aromatic heterocycles. The average molecular weight is 363 g/mol. The number of ether oxygens (including phenoxy) is 1. The number of halogens is 1. The maximum atomic E-state index is 12.9. The van der Waals surface area contributed by atoms with Gasteiger partial charge in [0.25, 0.3) is 0 Å². The van der Waals surface area contributed by atoms with Gasteiger partial charge in [0.1, 0.15) is 11.6 Å². The summed E-state index contributed by atoms with van der Waals surface area (Å²) in [5.74, 6) is 1.01. The van der Waals surface area contributed by atoms with E-state index in [9.17, 15) is 9.18 Å². The van der Waals surface area contributed by atoms with Crippen molar-refractivity contribution in [1.82, 2.24) is 14.7 Å². The van der Waals surface area contributed by atoms with E-state index >= 15 is 0 Å². The van der Waals surface area contributed by atoms with E-state index in [1.54, 1.807) is 12.1 Å². The minimum atomic E-state index is -0.258. The van der Waals surface area contributed by atoms with Gasteiger partial charge in [-0.1, -0.05) is 6.92 Å². The van der Waals surface area contributed by atoms with Crippen LogP contribution in [-0.2, 0) is 4.79 Å². The van der Waals surface area contributed by atoms with Crippen LogP contribution in [0.2, 0.25) is 0 Å². The highest BCUT2D eigenvalue weighted by Gasteiger charge is 2.26. The Bertz CT molecular complexity index is 573. The highest BCUT2D eigenvalue weighted by atomic mass is 19.1. The molecule has 2 heterocycles. The van der Waals surface area contributed by atoms with Crippen molar-refractivity contribution in [3.63, 3.8) is 0 Å². The van der Waals surface area contributed by atoms with Crippen LogP contribution in [0.5, 0.6) is 5.75 Å². The molecule has 5 nitrogen and oxygen atoms in total. The molecule has 6 heteroatoms. The lowest BCUT2D eigenvalue weighted by molar-refractivity contribution is -0.134. The lowest BCUT2D eigenvalue weighted by atomic mass is 9.99. The molecule has 0 saturated carbocycles. The molecule has 0 N–H and O–H groups in total. The number of likely N-dealkylation sites (tertiary alicyclic amines) is 1. The Labute approximate surface area is 155 Å². The molecule has 26 heavy (non-hydrogen) atoms. The Morgan fingerprint density at radius 1 is 1.12 bits per heavy atom. The Morgan fingerprint density at radius 3 is 2.50 bits per heavy atom. The molecule has 1 aromatic carbocycles. The monoisotopic (exact) mass is 363 g/mol. The Hall–Kier alpha value is -1.66. The number of piperidine rings is 1. The first-order chi connectivity index (χ1) is 12.6. The van der Waals surface area contributed by atoms with Crippen molar-refractivity contribution in [1.29, 1.82) is 0 Å². The second-order valence-electron chi connectivity index (χ2n) is 7.32. The summed E-state index contributed by atoms with van der Waals surface area (Å²) in [6, 6.07) is 6.11. The normalized spacial score (nSPS) is 22.4. The second kappa shape index (κ2) is 9.33. The Kier molecular flexibility index (Phi) is 6.86. The van der Waals surface area contributed by atoms with Crippen LogP contribution in [0.3, 0.4) is 0 Å². The van der Waals surface area contributed by atoms with Gasteiger partial charge < -0.3 is 14.5 Å². The predicted octanol–water partition coefficient (Wildman–Crippen LogP) is 2.08. The minimum absolute atomic E-state index is 0.237. The molecule has 0 radical (unpaired) electrons. The number of likely N-dealkylation sites (N-methyl/N-ethyl adjacent to an activating group) is 1. The first-order valence-corrected chi connectivity index (χ1v) is 9.75. The van der Waals surface area contributed by atoms with E-state index in [0.29, 0.717) is 24.8 Å². The molecule has 0 aliphatic carbocycles. The van der Waals surface area contributed by atoms with Gasteiger partial charge in [-0.25, -0.2) is 4.39 Å². The maximum Gasteiger partial charge on any atom is 0.236 e. The fourth-order valence-electron chi connectivity index (χ4n) is 3.73. The molecule has 0 spiro atoms. The largest absolute Gasteiger partial charge is 0.493 e. The van der Waals surface area contributed by atoms with E-state index in [2.05, 4.69) is 16.7 Å². The van der Waals surface area contributed by atoms with E-state index in [0.717, 1.165) is 58.7 Å². The molecule has 0 unspecified atom stereocenters. The number of benzene rings is 1. The summed E-state index contributed by atoms with van der Waals surface area (Å²) in [6.45, 7) is 10.0. The molecular formula is C20H30FN3O2. The third kappa shape index (κ3) is 5.42. The van der Waals surface area contributed by atoms with Gasteiger partial charge in [-0.2, -0.15) is 0 Å². The molecule has 1 atom stereocenters. The Morgan fingerprint density at radius 2 is 1.81 bits per heavy atom. The molecule has 2 fully saturated rings. The van der Waals surface area contributed by atoms with Crippen molar-refractivity contribution in [2.75, 3.05) is 59.0 Å². The molecule has 144 valence electrons. The van der Waals surface area contributed by atoms with E-state index in [-0.39, 0.29) is 11.7 Å². The van der Waals surface area contributed by atoms with Crippen molar-refractivity contribution >= 4 is 5.91 Å². The third-order valence-electron chi connectivity index (χ3n) is 5.44. The zero-order chi connectivity index (χ0) is 18.4. The summed E-state index contributed by atoms with van der Waals surface area (Å²) in [4.78, 5) is 19.3. The van der Waals surface area contributed by atoms with Gasteiger partial charge >= 0.3 is 0 Å². The van der Waals surface area contributed by atoms with Crippen LogP contribution >= 0.6 is 0 Å². The lowest BCUT2D eigenvalue weighted by Crippen LogP contribution is -2.51. The zero-order valence-corrected chi connectivity index (χ0v) is 15.7. The van der Waals surface area contributed by atoms with Crippen molar-refractivity contribution in [3.05, 3.63) is 30.1 Å². The topological polar surface area (TPSA) is 36.0 Å². The number of nitrogens with zero attached hydrogens (tertiary/aromatic N) is 3. The number of amides is 1. The minimum Gasteiger partial charge on any atom is -0.493 e. The summed E-state index contributed by atoms with van der Waals surface area (Å²) in [7, 11) is 0. The molecule has 2 aliphatic heterocycles. The number of carbonyl (C=O) groups excluding carboxylic acids is 1. The summed E-state index contributed by atoms with van der Waals surface area (Å²) >= 11 is 0. The first kappa shape index (κ1) is 19.1.